The van der Waals surface area contributed by atoms with Gasteiger partial charge in [-0.05, 0) is 35.2 Å². The molecule has 180 valence electrons. The van der Waals surface area contributed by atoms with Gasteiger partial charge in [-0.15, -0.1) is 0 Å². The predicted octanol–water partition coefficient (Wildman–Crippen LogP) is 4.05. The van der Waals surface area contributed by atoms with Crippen molar-refractivity contribution in [1.29, 1.82) is 0 Å². The molecule has 3 aromatic rings. The first-order valence-electron chi connectivity index (χ1n) is 11.9. The van der Waals surface area contributed by atoms with Crippen LogP contribution in [0.4, 0.5) is 4.79 Å². The number of nitrogens with one attached hydrogen (secondary N) is 2. The zero-order chi connectivity index (χ0) is 24.0. The summed E-state index contributed by atoms with van der Waals surface area (Å²) in [5.41, 5.74) is 3.12. The smallest absolute Gasteiger partial charge is 0.317 e. The lowest BCUT2D eigenvalue weighted by atomic mass is 9.84. The fourth-order valence-electron chi connectivity index (χ4n) is 4.69. The lowest BCUT2D eigenvalue weighted by Gasteiger charge is -2.37. The van der Waals surface area contributed by atoms with Gasteiger partial charge in [-0.1, -0.05) is 66.7 Å². The van der Waals surface area contributed by atoms with E-state index in [2.05, 4.69) is 22.8 Å². The van der Waals surface area contributed by atoms with Crippen molar-refractivity contribution in [2.75, 3.05) is 19.9 Å². The second kappa shape index (κ2) is 10.5. The van der Waals surface area contributed by atoms with Gasteiger partial charge in [0.15, 0.2) is 11.5 Å². The standard InChI is InChI=1S/C28H29N3O4/c32-27(29-16-21-11-12-25-26(13-21)35-19-34-25)24-14-23(22-9-5-2-6-10-22)17-31(18-24)28(33)30-15-20-7-3-1-4-8-20/h1-13,23-24H,14-19H2,(H,29,32)(H,30,33)/t23-,24-/m0/s1. The molecule has 1 fully saturated rings. The van der Waals surface area contributed by atoms with Gasteiger partial charge in [-0.3, -0.25) is 4.79 Å². The number of carbonyl (C=O) groups is 2. The molecule has 2 atom stereocenters. The van der Waals surface area contributed by atoms with E-state index in [0.29, 0.717) is 38.3 Å². The SMILES string of the molecule is O=C(NCc1ccc2c(c1)OCO2)[C@H]1C[C@H](c2ccccc2)CN(C(=O)NCc2ccccc2)C1. The zero-order valence-corrected chi connectivity index (χ0v) is 19.5. The van der Waals surface area contributed by atoms with Gasteiger partial charge in [0.2, 0.25) is 12.7 Å². The predicted molar refractivity (Wildman–Crippen MR) is 132 cm³/mol. The van der Waals surface area contributed by atoms with Crippen LogP contribution in [0.1, 0.15) is 29.0 Å². The Balaban J connectivity index is 1.25. The van der Waals surface area contributed by atoms with Gasteiger partial charge in [0.25, 0.3) is 0 Å². The van der Waals surface area contributed by atoms with Crippen LogP contribution in [-0.2, 0) is 17.9 Å². The second-order valence-electron chi connectivity index (χ2n) is 8.99. The molecule has 3 aromatic carbocycles. The number of hydrogen-bond donors (Lipinski definition) is 2. The minimum absolute atomic E-state index is 0.0517. The van der Waals surface area contributed by atoms with Crippen LogP contribution in [0.5, 0.6) is 11.5 Å². The molecule has 3 amide bonds. The fourth-order valence-corrected chi connectivity index (χ4v) is 4.69. The number of hydrogen-bond acceptors (Lipinski definition) is 4. The maximum Gasteiger partial charge on any atom is 0.317 e. The Bertz CT molecular complexity index is 1170. The molecule has 0 saturated carbocycles. The average molecular weight is 472 g/mol. The number of piperidine rings is 1. The van der Waals surface area contributed by atoms with Crippen LogP contribution in [0.2, 0.25) is 0 Å². The third-order valence-corrected chi connectivity index (χ3v) is 6.57. The average Bonchev–Trinajstić information content (AvgIpc) is 3.39. The third-order valence-electron chi connectivity index (χ3n) is 6.57. The van der Waals surface area contributed by atoms with Crippen LogP contribution in [-0.4, -0.2) is 36.7 Å². The maximum atomic E-state index is 13.2. The molecule has 0 aromatic heterocycles. The molecule has 0 aliphatic carbocycles. The number of fused-ring (bicyclic) bond motifs is 1. The van der Waals surface area contributed by atoms with Crippen LogP contribution < -0.4 is 20.1 Å². The molecule has 7 nitrogen and oxygen atoms in total. The monoisotopic (exact) mass is 471 g/mol. The Morgan fingerprint density at radius 1 is 0.800 bits per heavy atom. The summed E-state index contributed by atoms with van der Waals surface area (Å²) in [6.45, 7) is 2.03. The number of ether oxygens (including phenoxy) is 2. The molecule has 0 radical (unpaired) electrons. The summed E-state index contributed by atoms with van der Waals surface area (Å²) in [4.78, 5) is 28.0. The summed E-state index contributed by atoms with van der Waals surface area (Å²) in [6.07, 6.45) is 0.694. The molecule has 0 spiro atoms. The number of rotatable bonds is 6. The number of urea groups is 1. The van der Waals surface area contributed by atoms with Gasteiger partial charge in [-0.2, -0.15) is 0 Å². The van der Waals surface area contributed by atoms with Crippen molar-refractivity contribution >= 4 is 11.9 Å². The molecule has 2 aliphatic rings. The maximum absolute atomic E-state index is 13.2. The first kappa shape index (κ1) is 22.8. The summed E-state index contributed by atoms with van der Waals surface area (Å²) in [7, 11) is 0. The quantitative estimate of drug-likeness (QED) is 0.569. The molecule has 35 heavy (non-hydrogen) atoms. The third kappa shape index (κ3) is 5.57. The Hall–Kier alpha value is -4.00. The Morgan fingerprint density at radius 2 is 1.51 bits per heavy atom. The highest BCUT2D eigenvalue weighted by Gasteiger charge is 2.34. The van der Waals surface area contributed by atoms with E-state index in [-0.39, 0.29) is 30.6 Å². The van der Waals surface area contributed by atoms with Crippen molar-refractivity contribution in [1.82, 2.24) is 15.5 Å². The van der Waals surface area contributed by atoms with Crippen molar-refractivity contribution < 1.29 is 19.1 Å². The molecule has 5 rings (SSSR count). The molecule has 1 saturated heterocycles. The largest absolute Gasteiger partial charge is 0.454 e. The van der Waals surface area contributed by atoms with Gasteiger partial charge in [0.05, 0.1) is 5.92 Å². The fraction of sp³-hybridized carbons (Fsp3) is 0.286. The number of carbonyl (C=O) groups excluding carboxylic acids is 2. The summed E-state index contributed by atoms with van der Waals surface area (Å²) in [5.74, 6) is 1.15. The Morgan fingerprint density at radius 3 is 2.31 bits per heavy atom. The van der Waals surface area contributed by atoms with Crippen molar-refractivity contribution in [2.45, 2.75) is 25.4 Å². The van der Waals surface area contributed by atoms with E-state index >= 15 is 0 Å². The highest BCUT2D eigenvalue weighted by atomic mass is 16.7. The van der Waals surface area contributed by atoms with E-state index in [1.807, 2.05) is 66.7 Å². The van der Waals surface area contributed by atoms with Gasteiger partial charge in [-0.25, -0.2) is 4.79 Å². The van der Waals surface area contributed by atoms with Crippen LogP contribution in [0.3, 0.4) is 0 Å². The number of likely N-dealkylation sites (tertiary alicyclic amines) is 1. The van der Waals surface area contributed by atoms with Crippen LogP contribution >= 0.6 is 0 Å². The van der Waals surface area contributed by atoms with Crippen molar-refractivity contribution in [3.05, 3.63) is 95.6 Å². The highest BCUT2D eigenvalue weighted by molar-refractivity contribution is 5.81. The topological polar surface area (TPSA) is 79.9 Å². The van der Waals surface area contributed by atoms with E-state index in [1.165, 1.54) is 0 Å². The van der Waals surface area contributed by atoms with E-state index < -0.39 is 0 Å². The van der Waals surface area contributed by atoms with Gasteiger partial charge >= 0.3 is 6.03 Å². The first-order valence-corrected chi connectivity index (χ1v) is 11.9. The molecule has 0 unspecified atom stereocenters. The van der Waals surface area contributed by atoms with Crippen LogP contribution in [0, 0.1) is 5.92 Å². The minimum Gasteiger partial charge on any atom is -0.454 e. The van der Waals surface area contributed by atoms with E-state index in [4.69, 9.17) is 9.47 Å². The van der Waals surface area contributed by atoms with Crippen molar-refractivity contribution in [3.63, 3.8) is 0 Å². The molecule has 7 heteroatoms. The Kier molecular flexibility index (Phi) is 6.84. The lowest BCUT2D eigenvalue weighted by molar-refractivity contribution is -0.126. The second-order valence-corrected chi connectivity index (χ2v) is 8.99. The lowest BCUT2D eigenvalue weighted by Crippen LogP contribution is -2.50. The molecular formula is C28H29N3O4. The summed E-state index contributed by atoms with van der Waals surface area (Å²) >= 11 is 0. The Labute approximate surface area is 205 Å². The summed E-state index contributed by atoms with van der Waals surface area (Å²) < 4.78 is 10.8. The van der Waals surface area contributed by atoms with Crippen molar-refractivity contribution in [3.8, 4) is 11.5 Å². The van der Waals surface area contributed by atoms with E-state index in [1.54, 1.807) is 4.90 Å². The zero-order valence-electron chi connectivity index (χ0n) is 19.5. The van der Waals surface area contributed by atoms with Gasteiger partial charge in [0.1, 0.15) is 0 Å². The van der Waals surface area contributed by atoms with E-state index in [9.17, 15) is 9.59 Å². The van der Waals surface area contributed by atoms with Crippen molar-refractivity contribution in [2.24, 2.45) is 5.92 Å². The number of amides is 3. The highest BCUT2D eigenvalue weighted by Crippen LogP contribution is 2.33. The van der Waals surface area contributed by atoms with E-state index in [0.717, 1.165) is 22.4 Å². The molecule has 2 aliphatic heterocycles. The summed E-state index contributed by atoms with van der Waals surface area (Å²) in [6, 6.07) is 25.4. The number of nitrogens with zero attached hydrogens (tertiary/aromatic N) is 1. The van der Waals surface area contributed by atoms with Gasteiger partial charge in [0, 0.05) is 32.1 Å². The van der Waals surface area contributed by atoms with Crippen LogP contribution in [0.15, 0.2) is 78.9 Å². The molecule has 2 N–H and O–H groups in total. The van der Waals surface area contributed by atoms with Crippen LogP contribution in [0.25, 0.3) is 0 Å². The number of benzene rings is 3. The van der Waals surface area contributed by atoms with Gasteiger partial charge < -0.3 is 25.0 Å². The molecular weight excluding hydrogens is 442 g/mol. The minimum atomic E-state index is -0.301. The first-order chi connectivity index (χ1) is 17.2. The molecule has 0 bridgehead atoms. The summed E-state index contributed by atoms with van der Waals surface area (Å²) in [5, 5.41) is 6.07. The molecule has 2 heterocycles. The normalized spacial score (nSPS) is 18.7.